The molecule has 0 unspecified atom stereocenters. The number of carbonyl (C=O) groups excluding carboxylic acids is 1. The van der Waals surface area contributed by atoms with Gasteiger partial charge in [-0.25, -0.2) is 0 Å². The van der Waals surface area contributed by atoms with Gasteiger partial charge in [0.15, 0.2) is 5.75 Å². The summed E-state index contributed by atoms with van der Waals surface area (Å²) < 4.78 is 5.85. The fraction of sp³-hybridized carbons (Fsp3) is 0.0909. The van der Waals surface area contributed by atoms with Gasteiger partial charge in [0.2, 0.25) is 5.91 Å². The predicted molar refractivity (Wildman–Crippen MR) is 106 cm³/mol. The molecule has 0 bridgehead atoms. The van der Waals surface area contributed by atoms with E-state index in [0.29, 0.717) is 29.3 Å². The van der Waals surface area contributed by atoms with Crippen LogP contribution in [0.4, 0.5) is 11.4 Å². The van der Waals surface area contributed by atoms with Crippen LogP contribution in [0.3, 0.4) is 0 Å². The van der Waals surface area contributed by atoms with E-state index < -0.39 is 0 Å². The van der Waals surface area contributed by atoms with E-state index in [1.165, 1.54) is 0 Å². The highest BCUT2D eigenvalue weighted by atomic mass is 16.5. The number of ether oxygens (including phenoxy) is 1. The fourth-order valence-electron chi connectivity index (χ4n) is 2.51. The Labute approximate surface area is 158 Å². The van der Waals surface area contributed by atoms with Crippen LogP contribution in [-0.4, -0.2) is 12.5 Å². The number of amides is 1. The molecule has 27 heavy (non-hydrogen) atoms. The molecule has 134 valence electrons. The second-order valence-corrected chi connectivity index (χ2v) is 5.83. The third-order valence-electron chi connectivity index (χ3n) is 3.81. The van der Waals surface area contributed by atoms with Gasteiger partial charge in [-0.1, -0.05) is 36.4 Å². The summed E-state index contributed by atoms with van der Waals surface area (Å²) in [5, 5.41) is 14.9. The Morgan fingerprint density at radius 3 is 2.56 bits per heavy atom. The van der Waals surface area contributed by atoms with Crippen LogP contribution in [0.1, 0.15) is 12.0 Å². The highest BCUT2D eigenvalue weighted by Crippen LogP contribution is 2.29. The van der Waals surface area contributed by atoms with Gasteiger partial charge in [-0.2, -0.15) is 5.26 Å². The smallest absolute Gasteiger partial charge is 0.226 e. The maximum atomic E-state index is 12.3. The Hall–Kier alpha value is -3.78. The number of carbonyl (C=O) groups is 1. The number of rotatable bonds is 7. The maximum Gasteiger partial charge on any atom is 0.226 e. The van der Waals surface area contributed by atoms with Gasteiger partial charge in [0.25, 0.3) is 0 Å². The van der Waals surface area contributed by atoms with E-state index in [1.807, 2.05) is 54.6 Å². The number of nitrogens with zero attached hydrogens (tertiary/aromatic N) is 1. The summed E-state index contributed by atoms with van der Waals surface area (Å²) in [4.78, 5) is 12.3. The number of benzene rings is 3. The molecule has 0 aliphatic rings. The van der Waals surface area contributed by atoms with Crippen LogP contribution in [0.5, 0.6) is 11.5 Å². The molecule has 1 amide bonds. The number of para-hydroxylation sites is 3. The van der Waals surface area contributed by atoms with E-state index in [1.54, 1.807) is 24.3 Å². The summed E-state index contributed by atoms with van der Waals surface area (Å²) in [5.74, 6) is 1.17. The van der Waals surface area contributed by atoms with Crippen LogP contribution >= 0.6 is 0 Å². The third-order valence-corrected chi connectivity index (χ3v) is 3.81. The van der Waals surface area contributed by atoms with Crippen LogP contribution in [0.15, 0.2) is 78.9 Å². The van der Waals surface area contributed by atoms with Crippen LogP contribution in [-0.2, 0) is 4.79 Å². The van der Waals surface area contributed by atoms with Crippen molar-refractivity contribution in [2.24, 2.45) is 0 Å². The van der Waals surface area contributed by atoms with E-state index in [4.69, 9.17) is 10.00 Å². The van der Waals surface area contributed by atoms with E-state index in [9.17, 15) is 4.79 Å². The molecule has 5 heteroatoms. The van der Waals surface area contributed by atoms with Gasteiger partial charge in [0.05, 0.1) is 17.3 Å². The van der Waals surface area contributed by atoms with Gasteiger partial charge < -0.3 is 15.4 Å². The maximum absolute atomic E-state index is 12.3. The molecular formula is C22H19N3O2. The minimum atomic E-state index is -0.122. The highest BCUT2D eigenvalue weighted by Gasteiger charge is 2.08. The SMILES string of the molecule is N#Cc1cccc(NCCC(=O)Nc2ccccc2Oc2ccccc2)c1. The average molecular weight is 357 g/mol. The molecule has 0 saturated carbocycles. The minimum Gasteiger partial charge on any atom is -0.455 e. The van der Waals surface area contributed by atoms with Crippen molar-refractivity contribution < 1.29 is 9.53 Å². The van der Waals surface area contributed by atoms with Gasteiger partial charge in [-0.15, -0.1) is 0 Å². The zero-order valence-electron chi connectivity index (χ0n) is 14.7. The van der Waals surface area contributed by atoms with E-state index in [2.05, 4.69) is 16.7 Å². The normalized spacial score (nSPS) is 9.89. The van der Waals surface area contributed by atoms with Crippen LogP contribution < -0.4 is 15.4 Å². The van der Waals surface area contributed by atoms with Gasteiger partial charge >= 0.3 is 0 Å². The topological polar surface area (TPSA) is 74.2 Å². The van der Waals surface area contributed by atoms with Crippen molar-refractivity contribution >= 4 is 17.3 Å². The standard InChI is InChI=1S/C22H19N3O2/c23-16-17-7-6-8-18(15-17)24-14-13-22(26)25-20-11-4-5-12-21(20)27-19-9-2-1-3-10-19/h1-12,15,24H,13-14H2,(H,25,26). The summed E-state index contributed by atoms with van der Waals surface area (Å²) in [6.07, 6.45) is 0.288. The van der Waals surface area contributed by atoms with Gasteiger partial charge in [-0.05, 0) is 42.5 Å². The number of hydrogen-bond donors (Lipinski definition) is 2. The Morgan fingerprint density at radius 2 is 1.74 bits per heavy atom. The lowest BCUT2D eigenvalue weighted by Gasteiger charge is -2.12. The monoisotopic (exact) mass is 357 g/mol. The molecule has 3 aromatic rings. The summed E-state index contributed by atoms with van der Waals surface area (Å²) in [6.45, 7) is 0.461. The molecule has 3 aromatic carbocycles. The minimum absolute atomic E-state index is 0.122. The molecule has 0 aliphatic heterocycles. The average Bonchev–Trinajstić information content (AvgIpc) is 2.70. The second kappa shape index (κ2) is 9.07. The van der Waals surface area contributed by atoms with Crippen molar-refractivity contribution in [2.45, 2.75) is 6.42 Å². The Kier molecular flexibility index (Phi) is 6.05. The molecule has 0 saturated heterocycles. The molecule has 0 radical (unpaired) electrons. The van der Waals surface area contributed by atoms with Crippen LogP contribution in [0, 0.1) is 11.3 Å². The van der Waals surface area contributed by atoms with Crippen molar-refractivity contribution in [3.05, 3.63) is 84.4 Å². The molecule has 0 aromatic heterocycles. The van der Waals surface area contributed by atoms with Crippen molar-refractivity contribution in [2.75, 3.05) is 17.2 Å². The van der Waals surface area contributed by atoms with Crippen molar-refractivity contribution in [3.8, 4) is 17.6 Å². The summed E-state index contributed by atoms with van der Waals surface area (Å²) in [5.41, 5.74) is 2.02. The molecule has 0 atom stereocenters. The van der Waals surface area contributed by atoms with Crippen molar-refractivity contribution in [3.63, 3.8) is 0 Å². The first-order chi connectivity index (χ1) is 13.2. The molecule has 0 heterocycles. The molecule has 0 spiro atoms. The lowest BCUT2D eigenvalue weighted by atomic mass is 10.2. The van der Waals surface area contributed by atoms with Crippen LogP contribution in [0.2, 0.25) is 0 Å². The summed E-state index contributed by atoms with van der Waals surface area (Å²) >= 11 is 0. The van der Waals surface area contributed by atoms with Gasteiger partial charge in [-0.3, -0.25) is 4.79 Å². The van der Waals surface area contributed by atoms with E-state index >= 15 is 0 Å². The van der Waals surface area contributed by atoms with E-state index in [-0.39, 0.29) is 12.3 Å². The quantitative estimate of drug-likeness (QED) is 0.637. The predicted octanol–water partition coefficient (Wildman–Crippen LogP) is 4.79. The molecule has 2 N–H and O–H groups in total. The Morgan fingerprint density at radius 1 is 0.963 bits per heavy atom. The highest BCUT2D eigenvalue weighted by molar-refractivity contribution is 5.92. The van der Waals surface area contributed by atoms with Crippen molar-refractivity contribution in [1.29, 1.82) is 5.26 Å². The zero-order chi connectivity index (χ0) is 18.9. The number of nitrogens with one attached hydrogen (secondary N) is 2. The molecular weight excluding hydrogens is 338 g/mol. The lowest BCUT2D eigenvalue weighted by molar-refractivity contribution is -0.116. The Bertz CT molecular complexity index is 949. The van der Waals surface area contributed by atoms with Crippen molar-refractivity contribution in [1.82, 2.24) is 0 Å². The molecule has 3 rings (SSSR count). The Balaban J connectivity index is 1.55. The number of hydrogen-bond acceptors (Lipinski definition) is 4. The number of nitriles is 1. The summed E-state index contributed by atoms with van der Waals surface area (Å²) in [6, 6.07) is 26.0. The first-order valence-corrected chi connectivity index (χ1v) is 8.60. The third kappa shape index (κ3) is 5.35. The summed E-state index contributed by atoms with van der Waals surface area (Å²) in [7, 11) is 0. The van der Waals surface area contributed by atoms with Crippen LogP contribution in [0.25, 0.3) is 0 Å². The zero-order valence-corrected chi connectivity index (χ0v) is 14.7. The first-order valence-electron chi connectivity index (χ1n) is 8.60. The largest absolute Gasteiger partial charge is 0.455 e. The lowest BCUT2D eigenvalue weighted by Crippen LogP contribution is -2.16. The van der Waals surface area contributed by atoms with Gasteiger partial charge in [0.1, 0.15) is 5.75 Å². The fourth-order valence-corrected chi connectivity index (χ4v) is 2.51. The second-order valence-electron chi connectivity index (χ2n) is 5.83. The molecule has 0 aliphatic carbocycles. The first kappa shape index (κ1) is 18.0. The van der Waals surface area contributed by atoms with E-state index in [0.717, 1.165) is 5.69 Å². The number of anilines is 2. The molecule has 0 fully saturated rings. The molecule has 5 nitrogen and oxygen atoms in total. The van der Waals surface area contributed by atoms with Gasteiger partial charge in [0, 0.05) is 18.7 Å².